The Morgan fingerprint density at radius 1 is 1.26 bits per heavy atom. The van der Waals surface area contributed by atoms with E-state index >= 15 is 0 Å². The van der Waals surface area contributed by atoms with Gasteiger partial charge in [-0.2, -0.15) is 0 Å². The lowest BCUT2D eigenvalue weighted by atomic mass is 9.98. The molecule has 19 heavy (non-hydrogen) atoms. The van der Waals surface area contributed by atoms with Crippen LogP contribution in [-0.4, -0.2) is 17.8 Å². The molecule has 2 nitrogen and oxygen atoms in total. The molecule has 1 N–H and O–H groups in total. The summed E-state index contributed by atoms with van der Waals surface area (Å²) in [5.74, 6) is 4.90. The van der Waals surface area contributed by atoms with E-state index in [1.807, 2.05) is 0 Å². The average molecular weight is 262 g/mol. The molecule has 3 heteroatoms. The molecule has 0 aliphatic heterocycles. The fraction of sp³-hybridized carbons (Fsp3) is 0.500. The van der Waals surface area contributed by atoms with Gasteiger partial charge in [0.05, 0.1) is 12.7 Å². The van der Waals surface area contributed by atoms with Gasteiger partial charge in [0.1, 0.15) is 12.4 Å². The van der Waals surface area contributed by atoms with Crippen molar-refractivity contribution in [1.82, 2.24) is 0 Å². The van der Waals surface area contributed by atoms with Crippen molar-refractivity contribution >= 4 is 0 Å². The third-order valence-corrected chi connectivity index (χ3v) is 3.39. The van der Waals surface area contributed by atoms with Gasteiger partial charge in [-0.05, 0) is 25.0 Å². The molecule has 0 heterocycles. The molecule has 0 aromatic heterocycles. The highest BCUT2D eigenvalue weighted by Crippen LogP contribution is 2.22. The Hall–Kier alpha value is -1.37. The van der Waals surface area contributed by atoms with Crippen LogP contribution in [0.5, 0.6) is 0 Å². The van der Waals surface area contributed by atoms with Gasteiger partial charge in [0.2, 0.25) is 0 Å². The molecule has 0 saturated heterocycles. The average Bonchev–Trinajstić information content (AvgIpc) is 2.45. The van der Waals surface area contributed by atoms with Crippen LogP contribution in [0.25, 0.3) is 0 Å². The highest BCUT2D eigenvalue weighted by Gasteiger charge is 2.14. The van der Waals surface area contributed by atoms with E-state index in [4.69, 9.17) is 9.84 Å². The standard InChI is InChI=1S/C16H19FO2/c17-16-11-13(5-4-10-18)8-9-14(16)12-19-15-6-2-1-3-7-15/h8-9,11,15,18H,1-3,6-7,10,12H2. The maximum atomic E-state index is 13.8. The van der Waals surface area contributed by atoms with Crippen molar-refractivity contribution in [3.8, 4) is 11.8 Å². The topological polar surface area (TPSA) is 29.5 Å². The van der Waals surface area contributed by atoms with Gasteiger partial charge in [-0.1, -0.05) is 37.2 Å². The van der Waals surface area contributed by atoms with Crippen LogP contribution < -0.4 is 0 Å². The van der Waals surface area contributed by atoms with Crippen molar-refractivity contribution in [1.29, 1.82) is 0 Å². The van der Waals surface area contributed by atoms with Gasteiger partial charge < -0.3 is 9.84 Å². The zero-order valence-electron chi connectivity index (χ0n) is 11.0. The molecular weight excluding hydrogens is 243 g/mol. The Bertz CT molecular complexity index is 467. The lowest BCUT2D eigenvalue weighted by Crippen LogP contribution is -2.16. The third kappa shape index (κ3) is 4.34. The van der Waals surface area contributed by atoms with Crippen molar-refractivity contribution in [2.75, 3.05) is 6.61 Å². The molecule has 0 bridgehead atoms. The van der Waals surface area contributed by atoms with E-state index in [9.17, 15) is 4.39 Å². The first kappa shape index (κ1) is 14.0. The molecule has 1 aliphatic carbocycles. The van der Waals surface area contributed by atoms with E-state index < -0.39 is 0 Å². The molecule has 1 aromatic carbocycles. The van der Waals surface area contributed by atoms with E-state index in [0.717, 1.165) is 12.8 Å². The molecule has 1 saturated carbocycles. The molecule has 0 radical (unpaired) electrons. The van der Waals surface area contributed by atoms with Crippen LogP contribution in [0.3, 0.4) is 0 Å². The normalized spacial score (nSPS) is 15.9. The van der Waals surface area contributed by atoms with Crippen molar-refractivity contribution in [2.45, 2.75) is 44.8 Å². The van der Waals surface area contributed by atoms with E-state index in [1.54, 1.807) is 12.1 Å². The van der Waals surface area contributed by atoms with Gasteiger partial charge in [-0.3, -0.25) is 0 Å². The molecule has 0 unspecified atom stereocenters. The molecule has 0 atom stereocenters. The summed E-state index contributed by atoms with van der Waals surface area (Å²) in [6.45, 7) is 0.109. The Kier molecular flexibility index (Phi) is 5.38. The molecule has 1 aromatic rings. The monoisotopic (exact) mass is 262 g/mol. The summed E-state index contributed by atoms with van der Waals surface area (Å²) in [6, 6.07) is 4.85. The molecule has 102 valence electrons. The van der Waals surface area contributed by atoms with Crippen LogP contribution in [0.1, 0.15) is 43.2 Å². The minimum Gasteiger partial charge on any atom is -0.384 e. The van der Waals surface area contributed by atoms with Gasteiger partial charge in [0.15, 0.2) is 0 Å². The van der Waals surface area contributed by atoms with E-state index in [-0.39, 0.29) is 18.5 Å². The first-order valence-electron chi connectivity index (χ1n) is 6.79. The molecule has 1 aliphatic rings. The fourth-order valence-corrected chi connectivity index (χ4v) is 2.32. The molecule has 0 spiro atoms. The zero-order valence-corrected chi connectivity index (χ0v) is 11.0. The fourth-order valence-electron chi connectivity index (χ4n) is 2.32. The lowest BCUT2D eigenvalue weighted by molar-refractivity contribution is 0.0156. The predicted octanol–water partition coefficient (Wildman–Crippen LogP) is 3.02. The summed E-state index contributed by atoms with van der Waals surface area (Å²) < 4.78 is 19.6. The highest BCUT2D eigenvalue weighted by atomic mass is 19.1. The minimum absolute atomic E-state index is 0.214. The largest absolute Gasteiger partial charge is 0.384 e. The third-order valence-electron chi connectivity index (χ3n) is 3.39. The van der Waals surface area contributed by atoms with E-state index in [0.29, 0.717) is 17.7 Å². The number of aliphatic hydroxyl groups excluding tert-OH is 1. The summed E-state index contributed by atoms with van der Waals surface area (Å²) in [6.07, 6.45) is 6.16. The Labute approximate surface area is 113 Å². The number of hydrogen-bond donors (Lipinski definition) is 1. The second kappa shape index (κ2) is 7.28. The Morgan fingerprint density at radius 3 is 2.74 bits per heavy atom. The number of hydrogen-bond acceptors (Lipinski definition) is 2. The lowest BCUT2D eigenvalue weighted by Gasteiger charge is -2.22. The maximum Gasteiger partial charge on any atom is 0.129 e. The first-order chi connectivity index (χ1) is 9.29. The predicted molar refractivity (Wildman–Crippen MR) is 72.0 cm³/mol. The SMILES string of the molecule is OCC#Cc1ccc(COC2CCCCC2)c(F)c1. The molecular formula is C16H19FO2. The van der Waals surface area contributed by atoms with Crippen molar-refractivity contribution in [2.24, 2.45) is 0 Å². The summed E-state index contributed by atoms with van der Waals surface area (Å²) in [5.41, 5.74) is 1.15. The van der Waals surface area contributed by atoms with Crippen LogP contribution in [0.2, 0.25) is 0 Å². The smallest absolute Gasteiger partial charge is 0.129 e. The number of halogens is 1. The molecule has 1 fully saturated rings. The zero-order chi connectivity index (χ0) is 13.5. The quantitative estimate of drug-likeness (QED) is 0.848. The van der Waals surface area contributed by atoms with E-state index in [2.05, 4.69) is 11.8 Å². The first-order valence-corrected chi connectivity index (χ1v) is 6.79. The van der Waals surface area contributed by atoms with Crippen molar-refractivity contribution in [3.05, 3.63) is 35.1 Å². The number of rotatable bonds is 3. The molecule has 2 rings (SSSR count). The van der Waals surface area contributed by atoms with Gasteiger partial charge in [-0.15, -0.1) is 0 Å². The number of benzene rings is 1. The van der Waals surface area contributed by atoms with Crippen LogP contribution in [0, 0.1) is 17.7 Å². The van der Waals surface area contributed by atoms with Crippen LogP contribution in [-0.2, 0) is 11.3 Å². The van der Waals surface area contributed by atoms with Gasteiger partial charge in [0, 0.05) is 11.1 Å². The summed E-state index contributed by atoms with van der Waals surface area (Å²) >= 11 is 0. The summed E-state index contributed by atoms with van der Waals surface area (Å²) in [5, 5.41) is 8.59. The summed E-state index contributed by atoms with van der Waals surface area (Å²) in [4.78, 5) is 0. The Balaban J connectivity index is 1.93. The van der Waals surface area contributed by atoms with Crippen LogP contribution >= 0.6 is 0 Å². The van der Waals surface area contributed by atoms with Crippen molar-refractivity contribution in [3.63, 3.8) is 0 Å². The summed E-state index contributed by atoms with van der Waals surface area (Å²) in [7, 11) is 0. The molecule has 0 amide bonds. The van der Waals surface area contributed by atoms with Crippen LogP contribution in [0.4, 0.5) is 4.39 Å². The second-order valence-corrected chi connectivity index (χ2v) is 4.84. The maximum absolute atomic E-state index is 13.8. The second-order valence-electron chi connectivity index (χ2n) is 4.84. The van der Waals surface area contributed by atoms with Gasteiger partial charge >= 0.3 is 0 Å². The Morgan fingerprint density at radius 2 is 2.05 bits per heavy atom. The number of ether oxygens (including phenoxy) is 1. The van der Waals surface area contributed by atoms with E-state index in [1.165, 1.54) is 25.3 Å². The van der Waals surface area contributed by atoms with Crippen molar-refractivity contribution < 1.29 is 14.2 Å². The number of aliphatic hydroxyl groups is 1. The minimum atomic E-state index is -0.291. The van der Waals surface area contributed by atoms with Gasteiger partial charge in [0.25, 0.3) is 0 Å². The highest BCUT2D eigenvalue weighted by molar-refractivity contribution is 5.36. The van der Waals surface area contributed by atoms with Crippen LogP contribution in [0.15, 0.2) is 18.2 Å². The van der Waals surface area contributed by atoms with Gasteiger partial charge in [-0.25, -0.2) is 4.39 Å².